The summed E-state index contributed by atoms with van der Waals surface area (Å²) in [6.45, 7) is 5.46. The molecule has 4 nitrogen and oxygen atoms in total. The fourth-order valence-corrected chi connectivity index (χ4v) is 0.988. The largest absolute Gasteiger partial charge is 1.00 e. The number of nitrogens with zero attached hydrogens (tertiary/aromatic N) is 1. The van der Waals surface area contributed by atoms with Crippen molar-refractivity contribution in [3.8, 4) is 0 Å². The maximum atomic E-state index is 8.89. The summed E-state index contributed by atoms with van der Waals surface area (Å²) >= 11 is 0. The van der Waals surface area contributed by atoms with E-state index >= 15 is 0 Å². The van der Waals surface area contributed by atoms with E-state index in [1.165, 1.54) is 6.42 Å². The van der Waals surface area contributed by atoms with E-state index in [1.807, 2.05) is 0 Å². The Kier molecular flexibility index (Phi) is 15.7. The highest BCUT2D eigenvalue weighted by atomic mass is 127. The Morgan fingerprint density at radius 1 is 1.36 bits per heavy atom. The van der Waals surface area contributed by atoms with Crippen LogP contribution in [-0.2, 0) is 4.79 Å². The second kappa shape index (κ2) is 11.2. The zero-order chi connectivity index (χ0) is 10.9. The van der Waals surface area contributed by atoms with Gasteiger partial charge in [-0.3, -0.25) is 0 Å². The van der Waals surface area contributed by atoms with Crippen molar-refractivity contribution in [2.24, 2.45) is 0 Å². The Labute approximate surface area is 104 Å². The van der Waals surface area contributed by atoms with Crippen LogP contribution < -0.4 is 29.1 Å². The zero-order valence-electron chi connectivity index (χ0n) is 9.42. The second-order valence-corrected chi connectivity index (χ2v) is 3.60. The van der Waals surface area contributed by atoms with E-state index in [-0.39, 0.29) is 24.0 Å². The molecule has 0 saturated heterocycles. The average molecular weight is 318 g/mol. The molecule has 0 aromatic carbocycles. The molecule has 0 radical (unpaired) electrons. The minimum absolute atomic E-state index is 0. The van der Waals surface area contributed by atoms with E-state index in [9.17, 15) is 0 Å². The molecule has 0 aliphatic rings. The van der Waals surface area contributed by atoms with E-state index in [4.69, 9.17) is 15.0 Å². The number of carboxylic acids is 1. The summed E-state index contributed by atoms with van der Waals surface area (Å²) in [6, 6.07) is 0. The van der Waals surface area contributed by atoms with Gasteiger partial charge in [0.15, 0.2) is 0 Å². The molecule has 5 heteroatoms. The summed E-state index contributed by atoms with van der Waals surface area (Å²) in [4.78, 5) is 8.89. The van der Waals surface area contributed by atoms with E-state index in [0.717, 1.165) is 24.5 Å². The van der Waals surface area contributed by atoms with Crippen LogP contribution in [0.3, 0.4) is 0 Å². The summed E-state index contributed by atoms with van der Waals surface area (Å²) in [6.07, 6.45) is 1.19. The van der Waals surface area contributed by atoms with Crippen molar-refractivity contribution in [2.45, 2.75) is 20.3 Å². The summed E-state index contributed by atoms with van der Waals surface area (Å²) in [5, 5.41) is 17.5. The first-order valence-corrected chi connectivity index (χ1v) is 4.46. The number of aliphatic hydroxyl groups excluding tert-OH is 1. The molecular weight excluding hydrogens is 297 g/mol. The van der Waals surface area contributed by atoms with Crippen molar-refractivity contribution in [3.63, 3.8) is 0 Å². The lowest BCUT2D eigenvalue weighted by Crippen LogP contribution is -3.00. The minimum atomic E-state index is -1.08. The van der Waals surface area contributed by atoms with Gasteiger partial charge in [0.2, 0.25) is 0 Å². The first kappa shape index (κ1) is 19.7. The third kappa shape index (κ3) is 22.7. The summed E-state index contributed by atoms with van der Waals surface area (Å²) in [7, 11) is 4.28. The van der Waals surface area contributed by atoms with Gasteiger partial charge < -0.3 is 43.5 Å². The van der Waals surface area contributed by atoms with Crippen LogP contribution in [0.2, 0.25) is 0 Å². The number of hydrogen-bond acceptors (Lipinski definition) is 3. The first-order valence-electron chi connectivity index (χ1n) is 4.46. The van der Waals surface area contributed by atoms with Crippen LogP contribution in [0.1, 0.15) is 20.3 Å². The van der Waals surface area contributed by atoms with Crippen LogP contribution in [0.25, 0.3) is 0 Å². The molecule has 0 fully saturated rings. The Bertz CT molecular complexity index is 128. The minimum Gasteiger partial charge on any atom is -1.00 e. The standard InChI is InChI=1S/C7H18NO.C2H4O2.HI/c1-4-5-8(2,3)6-7-9;1-2(3)4;/h9H,4-7H2,1-3H3;1H3,(H,3,4);1H/q+1;;/p-2. The fourth-order valence-electron chi connectivity index (χ4n) is 0.988. The van der Waals surface area contributed by atoms with Crippen LogP contribution in [0.4, 0.5) is 0 Å². The molecule has 0 atom stereocenters. The van der Waals surface area contributed by atoms with Gasteiger partial charge in [0.1, 0.15) is 6.54 Å². The summed E-state index contributed by atoms with van der Waals surface area (Å²) < 4.78 is 0.938. The number of aliphatic hydroxyl groups is 1. The lowest BCUT2D eigenvalue weighted by Gasteiger charge is -2.28. The van der Waals surface area contributed by atoms with Gasteiger partial charge in [-0.05, 0) is 13.3 Å². The summed E-state index contributed by atoms with van der Waals surface area (Å²) in [5.41, 5.74) is 0. The molecule has 0 rings (SSSR count). The third-order valence-electron chi connectivity index (χ3n) is 1.53. The first-order chi connectivity index (χ1) is 5.85. The average Bonchev–Trinajstić information content (AvgIpc) is 1.84. The van der Waals surface area contributed by atoms with E-state index in [2.05, 4.69) is 21.0 Å². The van der Waals surface area contributed by atoms with Gasteiger partial charge in [-0.25, -0.2) is 0 Å². The highest BCUT2D eigenvalue weighted by Crippen LogP contribution is 1.96. The number of quaternary nitrogens is 1. The number of carbonyl (C=O) groups excluding carboxylic acids is 1. The Morgan fingerprint density at radius 2 is 1.71 bits per heavy atom. The second-order valence-electron chi connectivity index (χ2n) is 3.60. The Hall–Kier alpha value is 0.120. The molecule has 0 aliphatic carbocycles. The molecule has 0 amide bonds. The van der Waals surface area contributed by atoms with Gasteiger partial charge in [0.05, 0.1) is 27.2 Å². The number of halogens is 1. The number of carboxylic acid groups (broad SMARTS) is 1. The topological polar surface area (TPSA) is 60.4 Å². The molecule has 0 spiro atoms. The molecule has 0 heterocycles. The Morgan fingerprint density at radius 3 is 1.93 bits per heavy atom. The normalized spacial score (nSPS) is 9.50. The molecule has 0 saturated carbocycles. The molecule has 0 aliphatic heterocycles. The van der Waals surface area contributed by atoms with E-state index < -0.39 is 5.97 Å². The van der Waals surface area contributed by atoms with Crippen LogP contribution in [-0.4, -0.2) is 49.4 Å². The smallest absolute Gasteiger partial charge is 0.102 e. The number of hydrogen-bond donors (Lipinski definition) is 1. The zero-order valence-corrected chi connectivity index (χ0v) is 11.6. The van der Waals surface area contributed by atoms with Gasteiger partial charge in [-0.1, -0.05) is 6.92 Å². The predicted octanol–water partition coefficient (Wildman–Crippen LogP) is -3.77. The van der Waals surface area contributed by atoms with Gasteiger partial charge >= 0.3 is 0 Å². The molecule has 88 valence electrons. The van der Waals surface area contributed by atoms with Crippen molar-refractivity contribution in [1.82, 2.24) is 0 Å². The SMILES string of the molecule is CC(=O)[O-].CCC[N+](C)(C)CCO.[I-]. The number of carbonyl (C=O) groups is 1. The van der Waals surface area contributed by atoms with Gasteiger partial charge in [-0.15, -0.1) is 0 Å². The van der Waals surface area contributed by atoms with Crippen LogP contribution in [0.5, 0.6) is 0 Å². The maximum Gasteiger partial charge on any atom is 0.102 e. The van der Waals surface area contributed by atoms with Crippen LogP contribution >= 0.6 is 0 Å². The van der Waals surface area contributed by atoms with Gasteiger partial charge in [0, 0.05) is 5.97 Å². The van der Waals surface area contributed by atoms with Crippen molar-refractivity contribution >= 4 is 5.97 Å². The summed E-state index contributed by atoms with van der Waals surface area (Å²) in [5.74, 6) is -1.08. The predicted molar refractivity (Wildman–Crippen MR) is 49.9 cm³/mol. The van der Waals surface area contributed by atoms with Crippen molar-refractivity contribution in [1.29, 1.82) is 0 Å². The monoisotopic (exact) mass is 318 g/mol. The highest BCUT2D eigenvalue weighted by Gasteiger charge is 2.10. The number of likely N-dealkylation sites (N-methyl/N-ethyl adjacent to an activating group) is 1. The molecule has 0 unspecified atom stereocenters. The van der Waals surface area contributed by atoms with Crippen molar-refractivity contribution in [2.75, 3.05) is 33.8 Å². The molecule has 1 N–H and O–H groups in total. The van der Waals surface area contributed by atoms with E-state index in [1.54, 1.807) is 0 Å². The highest BCUT2D eigenvalue weighted by molar-refractivity contribution is 5.60. The third-order valence-corrected chi connectivity index (χ3v) is 1.53. The molecular formula is C9H21INO3-. The van der Waals surface area contributed by atoms with Gasteiger partial charge in [0.25, 0.3) is 0 Å². The van der Waals surface area contributed by atoms with Crippen LogP contribution in [0.15, 0.2) is 0 Å². The molecule has 0 aromatic heterocycles. The molecule has 0 aromatic rings. The van der Waals surface area contributed by atoms with Crippen molar-refractivity contribution < 1.29 is 43.5 Å². The maximum absolute atomic E-state index is 8.89. The lowest BCUT2D eigenvalue weighted by molar-refractivity contribution is -0.890. The molecule has 14 heavy (non-hydrogen) atoms. The lowest BCUT2D eigenvalue weighted by atomic mass is 10.4. The number of aliphatic carboxylic acids is 1. The quantitative estimate of drug-likeness (QED) is 0.428. The van der Waals surface area contributed by atoms with Crippen LogP contribution in [0, 0.1) is 0 Å². The van der Waals surface area contributed by atoms with Gasteiger partial charge in [-0.2, -0.15) is 0 Å². The Balaban J connectivity index is -0.000000209. The number of rotatable bonds is 4. The molecule has 0 bridgehead atoms. The van der Waals surface area contributed by atoms with Crippen molar-refractivity contribution in [3.05, 3.63) is 0 Å². The van der Waals surface area contributed by atoms with E-state index in [0.29, 0.717) is 6.61 Å². The fraction of sp³-hybridized carbons (Fsp3) is 0.889.